The van der Waals surface area contributed by atoms with E-state index in [9.17, 15) is 14.4 Å². The fourth-order valence-corrected chi connectivity index (χ4v) is 3.98. The van der Waals surface area contributed by atoms with Crippen molar-refractivity contribution in [2.24, 2.45) is 5.92 Å². The zero-order valence-electron chi connectivity index (χ0n) is 18.2. The molecule has 32 heavy (non-hydrogen) atoms. The molecule has 1 saturated heterocycles. The molecule has 0 aliphatic carbocycles. The fourth-order valence-electron chi connectivity index (χ4n) is 3.98. The summed E-state index contributed by atoms with van der Waals surface area (Å²) in [5.41, 5.74) is 1.79. The van der Waals surface area contributed by atoms with Crippen LogP contribution in [0.5, 0.6) is 5.75 Å². The Balaban J connectivity index is 1.74. The van der Waals surface area contributed by atoms with Crippen molar-refractivity contribution in [3.8, 4) is 5.75 Å². The number of imide groups is 1. The summed E-state index contributed by atoms with van der Waals surface area (Å²) in [6, 6.07) is 16.3. The van der Waals surface area contributed by atoms with E-state index in [-0.39, 0.29) is 11.8 Å². The minimum absolute atomic E-state index is 0.309. The molecule has 0 saturated carbocycles. The number of urea groups is 1. The van der Waals surface area contributed by atoms with Gasteiger partial charge in [-0.25, -0.2) is 14.3 Å². The number of benzene rings is 2. The SMILES string of the molecule is CCOc1ccccc1NC(=O)C1=CC2C(=O)N(C)C(=O)N(C)C2=[N+]1Cc1ccccc1. The first-order valence-corrected chi connectivity index (χ1v) is 10.4. The molecule has 8 nitrogen and oxygen atoms in total. The second kappa shape index (κ2) is 8.66. The molecule has 164 valence electrons. The molecular weight excluding hydrogens is 408 g/mol. The topological polar surface area (TPSA) is 82.0 Å². The van der Waals surface area contributed by atoms with Gasteiger partial charge in [0, 0.05) is 7.05 Å². The lowest BCUT2D eigenvalue weighted by atomic mass is 10.0. The first-order valence-electron chi connectivity index (χ1n) is 10.4. The Morgan fingerprint density at radius 1 is 1.03 bits per heavy atom. The number of carbonyl (C=O) groups excluding carboxylic acids is 3. The zero-order chi connectivity index (χ0) is 22.8. The van der Waals surface area contributed by atoms with Crippen LogP contribution in [-0.2, 0) is 16.1 Å². The summed E-state index contributed by atoms with van der Waals surface area (Å²) in [7, 11) is 3.06. The number of hydrogen-bond donors (Lipinski definition) is 1. The number of nitrogens with zero attached hydrogens (tertiary/aromatic N) is 3. The summed E-state index contributed by atoms with van der Waals surface area (Å²) in [5.74, 6) is -0.422. The van der Waals surface area contributed by atoms with Crippen LogP contribution in [-0.4, -0.2) is 58.8 Å². The van der Waals surface area contributed by atoms with Gasteiger partial charge in [-0.3, -0.25) is 9.59 Å². The molecular formula is C24H25N4O4+. The molecule has 0 radical (unpaired) electrons. The normalized spacial score (nSPS) is 18.0. The summed E-state index contributed by atoms with van der Waals surface area (Å²) < 4.78 is 7.35. The van der Waals surface area contributed by atoms with Crippen molar-refractivity contribution in [3.05, 3.63) is 71.9 Å². The molecule has 1 fully saturated rings. The Morgan fingerprint density at radius 3 is 2.44 bits per heavy atom. The predicted octanol–water partition coefficient (Wildman–Crippen LogP) is 2.67. The third kappa shape index (κ3) is 3.75. The van der Waals surface area contributed by atoms with Crippen LogP contribution in [0.1, 0.15) is 12.5 Å². The maximum Gasteiger partial charge on any atom is 0.417 e. The largest absolute Gasteiger partial charge is 0.492 e. The monoisotopic (exact) mass is 433 g/mol. The summed E-state index contributed by atoms with van der Waals surface area (Å²) in [6.07, 6.45) is 1.62. The molecule has 2 aliphatic rings. The highest BCUT2D eigenvalue weighted by Gasteiger charge is 2.51. The number of para-hydroxylation sites is 2. The highest BCUT2D eigenvalue weighted by Crippen LogP contribution is 2.29. The van der Waals surface area contributed by atoms with Gasteiger partial charge >= 0.3 is 6.03 Å². The van der Waals surface area contributed by atoms with Crippen LogP contribution in [0, 0.1) is 5.92 Å². The molecule has 0 spiro atoms. The van der Waals surface area contributed by atoms with Crippen LogP contribution < -0.4 is 10.1 Å². The van der Waals surface area contributed by atoms with Gasteiger partial charge in [-0.05, 0) is 30.7 Å². The fraction of sp³-hybridized carbons (Fsp3) is 0.250. The predicted molar refractivity (Wildman–Crippen MR) is 119 cm³/mol. The standard InChI is InChI=1S/C24H24N4O4/c1-4-32-20-13-9-8-12-18(20)25-21(29)19-14-17-22(26(2)24(31)27(3)23(17)30)28(19)15-16-10-6-5-7-11-16/h5-14,17H,4,15H2,1-3H3/p+1. The van der Waals surface area contributed by atoms with Crippen LogP contribution in [0.15, 0.2) is 66.4 Å². The average molecular weight is 433 g/mol. The maximum atomic E-state index is 13.4. The number of fused-ring (bicyclic) bond motifs is 1. The van der Waals surface area contributed by atoms with Crippen LogP contribution in [0.25, 0.3) is 0 Å². The Kier molecular flexibility index (Phi) is 5.77. The lowest BCUT2D eigenvalue weighted by Gasteiger charge is -2.27. The van der Waals surface area contributed by atoms with Gasteiger partial charge in [0.15, 0.2) is 11.6 Å². The first-order chi connectivity index (χ1) is 15.4. The number of hydrogen-bond acceptors (Lipinski definition) is 4. The summed E-state index contributed by atoms with van der Waals surface area (Å²) in [4.78, 5) is 41.3. The van der Waals surface area contributed by atoms with Gasteiger partial charge in [0.05, 0.1) is 19.3 Å². The van der Waals surface area contributed by atoms with E-state index < -0.39 is 11.9 Å². The molecule has 2 aromatic carbocycles. The lowest BCUT2D eigenvalue weighted by molar-refractivity contribution is -0.489. The minimum Gasteiger partial charge on any atom is -0.492 e. The summed E-state index contributed by atoms with van der Waals surface area (Å²) in [6.45, 7) is 2.67. The molecule has 1 atom stereocenters. The first kappa shape index (κ1) is 21.3. The van der Waals surface area contributed by atoms with Crippen LogP contribution >= 0.6 is 0 Å². The quantitative estimate of drug-likeness (QED) is 0.711. The van der Waals surface area contributed by atoms with Crippen molar-refractivity contribution in [2.45, 2.75) is 13.5 Å². The van der Waals surface area contributed by atoms with Gasteiger partial charge < -0.3 is 10.1 Å². The Morgan fingerprint density at radius 2 is 1.72 bits per heavy atom. The maximum absolute atomic E-state index is 13.4. The van der Waals surface area contributed by atoms with E-state index in [2.05, 4.69) is 5.32 Å². The van der Waals surface area contributed by atoms with Gasteiger partial charge in [-0.2, -0.15) is 4.90 Å². The van der Waals surface area contributed by atoms with Gasteiger partial charge in [0.2, 0.25) is 0 Å². The van der Waals surface area contributed by atoms with E-state index >= 15 is 0 Å². The molecule has 0 bridgehead atoms. The van der Waals surface area contributed by atoms with Crippen LogP contribution in [0.2, 0.25) is 0 Å². The molecule has 1 N–H and O–H groups in total. The van der Waals surface area contributed by atoms with E-state index in [1.54, 1.807) is 29.8 Å². The third-order valence-electron chi connectivity index (χ3n) is 5.54. The molecule has 1 unspecified atom stereocenters. The molecule has 2 aliphatic heterocycles. The molecule has 2 heterocycles. The summed E-state index contributed by atoms with van der Waals surface area (Å²) >= 11 is 0. The smallest absolute Gasteiger partial charge is 0.417 e. The number of anilines is 1. The highest BCUT2D eigenvalue weighted by molar-refractivity contribution is 6.19. The van der Waals surface area contributed by atoms with E-state index in [0.29, 0.717) is 36.1 Å². The van der Waals surface area contributed by atoms with Gasteiger partial charge in [-0.1, -0.05) is 42.5 Å². The van der Waals surface area contributed by atoms with E-state index in [4.69, 9.17) is 4.74 Å². The number of nitrogens with one attached hydrogen (secondary N) is 1. The van der Waals surface area contributed by atoms with E-state index in [1.165, 1.54) is 11.9 Å². The Labute approximate surface area is 186 Å². The second-order valence-corrected chi connectivity index (χ2v) is 7.58. The van der Waals surface area contributed by atoms with Gasteiger partial charge in [0.25, 0.3) is 17.6 Å². The number of ether oxygens (including phenoxy) is 1. The van der Waals surface area contributed by atoms with Crippen molar-refractivity contribution in [1.82, 2.24) is 9.80 Å². The number of carbonyl (C=O) groups is 3. The van der Waals surface area contributed by atoms with Crippen molar-refractivity contribution in [1.29, 1.82) is 0 Å². The van der Waals surface area contributed by atoms with Crippen molar-refractivity contribution < 1.29 is 23.7 Å². The number of rotatable bonds is 6. The van der Waals surface area contributed by atoms with E-state index in [1.807, 2.05) is 49.4 Å². The van der Waals surface area contributed by atoms with Crippen molar-refractivity contribution >= 4 is 29.4 Å². The Bertz CT molecular complexity index is 1140. The van der Waals surface area contributed by atoms with Crippen LogP contribution in [0.4, 0.5) is 10.5 Å². The molecule has 4 amide bonds. The van der Waals surface area contributed by atoms with Crippen molar-refractivity contribution in [2.75, 3.05) is 26.0 Å². The summed E-state index contributed by atoms with van der Waals surface area (Å²) in [5, 5.41) is 2.90. The Hall–Kier alpha value is -3.94. The molecule has 0 aromatic heterocycles. The minimum atomic E-state index is -0.714. The van der Waals surface area contributed by atoms with E-state index in [0.717, 1.165) is 10.5 Å². The number of amidine groups is 1. The second-order valence-electron chi connectivity index (χ2n) is 7.58. The number of amides is 4. The van der Waals surface area contributed by atoms with Crippen LogP contribution in [0.3, 0.4) is 0 Å². The zero-order valence-corrected chi connectivity index (χ0v) is 18.2. The highest BCUT2D eigenvalue weighted by atomic mass is 16.5. The van der Waals surface area contributed by atoms with Gasteiger partial charge in [0.1, 0.15) is 12.3 Å². The average Bonchev–Trinajstić information content (AvgIpc) is 3.18. The molecule has 4 rings (SSSR count). The van der Waals surface area contributed by atoms with Gasteiger partial charge in [-0.15, -0.1) is 0 Å². The third-order valence-corrected chi connectivity index (χ3v) is 5.54. The van der Waals surface area contributed by atoms with Crippen molar-refractivity contribution in [3.63, 3.8) is 0 Å². The molecule has 2 aromatic rings. The molecule has 8 heteroatoms. The lowest BCUT2D eigenvalue weighted by Crippen LogP contribution is -2.57.